The van der Waals surface area contributed by atoms with E-state index in [2.05, 4.69) is 14.9 Å². The van der Waals surface area contributed by atoms with E-state index in [4.69, 9.17) is 25.8 Å². The van der Waals surface area contributed by atoms with Gasteiger partial charge >= 0.3 is 0 Å². The summed E-state index contributed by atoms with van der Waals surface area (Å²) in [6, 6.07) is 16.4. The van der Waals surface area contributed by atoms with Gasteiger partial charge in [-0.2, -0.15) is 0 Å². The van der Waals surface area contributed by atoms with Gasteiger partial charge in [-0.1, -0.05) is 11.6 Å². The molecular weight excluding hydrogens is 606 g/mol. The second-order valence-corrected chi connectivity index (χ2v) is 12.4. The molecule has 1 fully saturated rings. The van der Waals surface area contributed by atoms with Crippen LogP contribution in [0.25, 0.3) is 0 Å². The molecule has 1 saturated heterocycles. The molecule has 0 spiro atoms. The number of aromatic nitrogens is 2. The maximum Gasteiger partial charge on any atom is 0.274 e. The number of nitrogens with zero attached hydrogens (tertiary/aromatic N) is 5. The second kappa shape index (κ2) is 11.6. The van der Waals surface area contributed by atoms with E-state index in [1.54, 1.807) is 48.9 Å². The van der Waals surface area contributed by atoms with E-state index in [1.165, 1.54) is 39.5 Å². The van der Waals surface area contributed by atoms with Gasteiger partial charge in [0.25, 0.3) is 15.9 Å². The number of ether oxygens (including phenoxy) is 3. The summed E-state index contributed by atoms with van der Waals surface area (Å²) in [6.45, 7) is 1.92. The molecule has 0 aliphatic carbocycles. The number of hydrogen-bond donors (Lipinski definition) is 0. The van der Waals surface area contributed by atoms with E-state index < -0.39 is 21.5 Å². The van der Waals surface area contributed by atoms with E-state index >= 15 is 4.79 Å². The van der Waals surface area contributed by atoms with Crippen LogP contribution in [0.5, 0.6) is 17.4 Å². The van der Waals surface area contributed by atoms with Gasteiger partial charge < -0.3 is 19.1 Å². The van der Waals surface area contributed by atoms with Gasteiger partial charge in [-0.15, -0.1) is 0 Å². The number of methoxy groups -OCH3 is 3. The summed E-state index contributed by atoms with van der Waals surface area (Å²) in [6.07, 6.45) is 5.07. The van der Waals surface area contributed by atoms with Gasteiger partial charge in [0.2, 0.25) is 5.88 Å². The van der Waals surface area contributed by atoms with Gasteiger partial charge in [0, 0.05) is 60.8 Å². The first-order valence-electron chi connectivity index (χ1n) is 13.8. The molecule has 0 N–H and O–H groups in total. The zero-order valence-corrected chi connectivity index (χ0v) is 25.9. The number of hydrogen-bond acceptors (Lipinski definition) is 10. The molecular formula is C31H30ClN5O6S. The largest absolute Gasteiger partial charge is 0.497 e. The maximum atomic E-state index is 15.1. The van der Waals surface area contributed by atoms with Gasteiger partial charge in [-0.3, -0.25) is 14.7 Å². The predicted octanol–water partition coefficient (Wildman–Crippen LogP) is 3.96. The first-order chi connectivity index (χ1) is 21.3. The summed E-state index contributed by atoms with van der Waals surface area (Å²) in [5.41, 5.74) is 0.320. The number of amides is 1. The lowest BCUT2D eigenvalue weighted by atomic mass is 9.82. The molecule has 2 aromatic heterocycles. The molecule has 1 unspecified atom stereocenters. The van der Waals surface area contributed by atoms with Crippen LogP contribution in [0.1, 0.15) is 11.1 Å². The van der Waals surface area contributed by atoms with Crippen LogP contribution in [0.2, 0.25) is 5.02 Å². The Hall–Kier alpha value is -4.39. The third-order valence-corrected chi connectivity index (χ3v) is 10.0. The number of halogens is 1. The molecule has 13 heteroatoms. The lowest BCUT2D eigenvalue weighted by Gasteiger charge is -2.45. The summed E-state index contributed by atoms with van der Waals surface area (Å²) in [4.78, 5) is 27.8. The summed E-state index contributed by atoms with van der Waals surface area (Å²) in [5, 5.41) is 0.346. The number of fused-ring (bicyclic) bond motifs is 1. The van der Waals surface area contributed by atoms with Crippen molar-refractivity contribution in [1.29, 1.82) is 0 Å². The summed E-state index contributed by atoms with van der Waals surface area (Å²) >= 11 is 6.57. The van der Waals surface area contributed by atoms with Gasteiger partial charge in [-0.05, 0) is 54.6 Å². The maximum absolute atomic E-state index is 15.1. The van der Waals surface area contributed by atoms with Crippen molar-refractivity contribution in [3.05, 3.63) is 95.4 Å². The monoisotopic (exact) mass is 635 g/mol. The normalized spacial score (nSPS) is 18.7. The molecule has 1 atom stereocenters. The predicted molar refractivity (Wildman–Crippen MR) is 165 cm³/mol. The van der Waals surface area contributed by atoms with Crippen molar-refractivity contribution >= 4 is 38.9 Å². The number of anilines is 2. The Bertz CT molecular complexity index is 1820. The third kappa shape index (κ3) is 4.61. The standard InChI is InChI=1S/C31H30ClN5O6S/c1-41-23-9-11-28(27(19-23)42-2)44(39,40)37-26-10-8-21(32)18-25(26)31(30(37)38,24-7-5-13-34-29(24)43-3)36-16-14-35(15-17-36)22-6-4-12-33-20-22/h4-13,18-20H,14-17H2,1-3H3. The minimum atomic E-state index is -4.52. The number of pyridine rings is 2. The molecule has 11 nitrogen and oxygen atoms in total. The quantitative estimate of drug-likeness (QED) is 0.282. The Morgan fingerprint density at radius 2 is 1.64 bits per heavy atom. The fourth-order valence-corrected chi connectivity index (χ4v) is 7.85. The fourth-order valence-electron chi connectivity index (χ4n) is 6.08. The molecule has 2 aromatic carbocycles. The Kier molecular flexibility index (Phi) is 7.82. The highest BCUT2D eigenvalue weighted by Gasteiger charge is 2.61. The van der Waals surface area contributed by atoms with Crippen LogP contribution in [0.4, 0.5) is 11.4 Å². The Morgan fingerprint density at radius 1 is 0.864 bits per heavy atom. The Balaban J connectivity index is 1.55. The molecule has 2 aliphatic rings. The lowest BCUT2D eigenvalue weighted by molar-refractivity contribution is -0.127. The van der Waals surface area contributed by atoms with Crippen LogP contribution in [0.3, 0.4) is 0 Å². The van der Waals surface area contributed by atoms with Crippen molar-refractivity contribution in [2.24, 2.45) is 0 Å². The van der Waals surface area contributed by atoms with Crippen molar-refractivity contribution in [1.82, 2.24) is 14.9 Å². The molecule has 2 aliphatic heterocycles. The Labute approximate surface area is 260 Å². The van der Waals surface area contributed by atoms with E-state index in [0.717, 1.165) is 9.99 Å². The van der Waals surface area contributed by atoms with Gasteiger partial charge in [0.05, 0.1) is 38.9 Å². The topological polar surface area (TPSA) is 114 Å². The molecule has 4 heterocycles. The highest BCUT2D eigenvalue weighted by Crippen LogP contribution is 2.53. The van der Waals surface area contributed by atoms with Crippen LogP contribution >= 0.6 is 11.6 Å². The first-order valence-corrected chi connectivity index (χ1v) is 15.6. The Morgan fingerprint density at radius 3 is 2.32 bits per heavy atom. The molecule has 1 amide bonds. The van der Waals surface area contributed by atoms with Gasteiger partial charge in [-0.25, -0.2) is 17.7 Å². The third-order valence-electron chi connectivity index (χ3n) is 8.07. The number of benzene rings is 2. The van der Waals surface area contributed by atoms with E-state index in [-0.39, 0.29) is 22.2 Å². The average molecular weight is 636 g/mol. The summed E-state index contributed by atoms with van der Waals surface area (Å²) < 4.78 is 46.3. The zero-order chi connectivity index (χ0) is 31.1. The van der Waals surface area contributed by atoms with E-state index in [1.807, 2.05) is 17.0 Å². The second-order valence-electron chi connectivity index (χ2n) is 10.2. The minimum absolute atomic E-state index is 0.0363. The van der Waals surface area contributed by atoms with Crippen LogP contribution in [0.15, 0.2) is 84.1 Å². The molecule has 44 heavy (non-hydrogen) atoms. The molecule has 228 valence electrons. The van der Waals surface area contributed by atoms with Crippen molar-refractivity contribution < 1.29 is 27.4 Å². The highest BCUT2D eigenvalue weighted by molar-refractivity contribution is 7.93. The molecule has 0 radical (unpaired) electrons. The summed E-state index contributed by atoms with van der Waals surface area (Å²) in [5.74, 6) is -0.0626. The number of carbonyl (C=O) groups is 1. The van der Waals surface area contributed by atoms with E-state index in [9.17, 15) is 8.42 Å². The van der Waals surface area contributed by atoms with Crippen molar-refractivity contribution in [3.63, 3.8) is 0 Å². The highest BCUT2D eigenvalue weighted by atomic mass is 35.5. The van der Waals surface area contributed by atoms with Gasteiger partial charge in [0.1, 0.15) is 16.4 Å². The summed E-state index contributed by atoms with van der Waals surface area (Å²) in [7, 11) is -0.222. The van der Waals surface area contributed by atoms with Crippen molar-refractivity contribution in [2.45, 2.75) is 10.4 Å². The van der Waals surface area contributed by atoms with Crippen molar-refractivity contribution in [3.8, 4) is 17.4 Å². The average Bonchev–Trinajstić information content (AvgIpc) is 3.32. The smallest absolute Gasteiger partial charge is 0.274 e. The lowest BCUT2D eigenvalue weighted by Crippen LogP contribution is -2.60. The first kappa shape index (κ1) is 29.7. The number of sulfonamides is 1. The minimum Gasteiger partial charge on any atom is -0.497 e. The van der Waals surface area contributed by atoms with Crippen molar-refractivity contribution in [2.75, 3.05) is 56.7 Å². The van der Waals surface area contributed by atoms with Crippen LogP contribution < -0.4 is 23.4 Å². The SMILES string of the molecule is COc1ccc(S(=O)(=O)N2C(=O)C(c3cccnc3OC)(N3CCN(c4cccnc4)CC3)c3cc(Cl)ccc32)c(OC)c1. The number of rotatable bonds is 8. The van der Waals surface area contributed by atoms with E-state index in [0.29, 0.717) is 48.1 Å². The van der Waals surface area contributed by atoms with Crippen LogP contribution in [-0.2, 0) is 20.4 Å². The molecule has 0 saturated carbocycles. The number of carbonyl (C=O) groups excluding carboxylic acids is 1. The zero-order valence-electron chi connectivity index (χ0n) is 24.3. The van der Waals surface area contributed by atoms with Crippen LogP contribution in [-0.4, -0.2) is 76.7 Å². The van der Waals surface area contributed by atoms with Gasteiger partial charge in [0.15, 0.2) is 5.54 Å². The molecule has 6 rings (SSSR count). The molecule has 0 bridgehead atoms. The number of piperazine rings is 1. The molecule has 4 aromatic rings. The van der Waals surface area contributed by atoms with Crippen LogP contribution in [0, 0.1) is 0 Å². The fraction of sp³-hybridized carbons (Fsp3) is 0.258.